The van der Waals surface area contributed by atoms with Crippen LogP contribution in [0.2, 0.25) is 10.0 Å². The van der Waals surface area contributed by atoms with E-state index in [1.54, 1.807) is 12.1 Å². The number of amides is 3. The SMILES string of the molecule is Cc1ccc(C(=O)CN(C(=O)c2ccc(Cl)cc2Cl)N2C(=O)[C@H]3[C@@H](C)C=CC[C@H]3C2=O)cc1C. The minimum absolute atomic E-state index is 0.0422. The van der Waals surface area contributed by atoms with Gasteiger partial charge in [0.05, 0.1) is 22.4 Å². The number of carbonyl (C=O) groups excluding carboxylic acids is 4. The van der Waals surface area contributed by atoms with Gasteiger partial charge in [0, 0.05) is 10.6 Å². The van der Waals surface area contributed by atoms with Gasteiger partial charge in [0.1, 0.15) is 6.54 Å². The Hall–Kier alpha value is -2.96. The number of benzene rings is 2. The number of halogens is 2. The monoisotopic (exact) mass is 498 g/mol. The predicted octanol–water partition coefficient (Wildman–Crippen LogP) is 5.05. The molecule has 2 aromatic rings. The maximum atomic E-state index is 13.6. The Morgan fingerprint density at radius 1 is 1.03 bits per heavy atom. The van der Waals surface area contributed by atoms with Crippen LogP contribution in [0.15, 0.2) is 48.6 Å². The molecule has 176 valence electrons. The number of ketones is 1. The van der Waals surface area contributed by atoms with Gasteiger partial charge in [-0.15, -0.1) is 0 Å². The van der Waals surface area contributed by atoms with Crippen molar-refractivity contribution in [2.24, 2.45) is 17.8 Å². The number of hydrazine groups is 1. The van der Waals surface area contributed by atoms with E-state index in [4.69, 9.17) is 23.2 Å². The highest BCUT2D eigenvalue weighted by molar-refractivity contribution is 6.36. The van der Waals surface area contributed by atoms with E-state index < -0.39 is 41.9 Å². The number of carbonyl (C=O) groups is 4. The summed E-state index contributed by atoms with van der Waals surface area (Å²) >= 11 is 12.2. The molecule has 1 saturated heterocycles. The van der Waals surface area contributed by atoms with Crippen molar-refractivity contribution in [2.45, 2.75) is 27.2 Å². The molecule has 1 aliphatic carbocycles. The zero-order chi connectivity index (χ0) is 24.7. The van der Waals surface area contributed by atoms with Gasteiger partial charge in [-0.2, -0.15) is 5.01 Å². The number of imide groups is 1. The van der Waals surface area contributed by atoms with Crippen LogP contribution < -0.4 is 0 Å². The lowest BCUT2D eigenvalue weighted by atomic mass is 9.78. The average Bonchev–Trinajstić information content (AvgIpc) is 3.04. The Kier molecular flexibility index (Phi) is 6.65. The first-order chi connectivity index (χ1) is 16.1. The number of allylic oxidation sites excluding steroid dienone is 2. The van der Waals surface area contributed by atoms with Gasteiger partial charge in [-0.25, -0.2) is 5.01 Å². The van der Waals surface area contributed by atoms with Gasteiger partial charge in [0.25, 0.3) is 17.7 Å². The molecule has 3 atom stereocenters. The van der Waals surface area contributed by atoms with Gasteiger partial charge in [0.2, 0.25) is 0 Å². The molecule has 34 heavy (non-hydrogen) atoms. The number of aryl methyl sites for hydroxylation is 2. The van der Waals surface area contributed by atoms with E-state index in [1.165, 1.54) is 18.2 Å². The van der Waals surface area contributed by atoms with Crippen molar-refractivity contribution in [3.05, 3.63) is 80.8 Å². The fourth-order valence-electron chi connectivity index (χ4n) is 4.55. The highest BCUT2D eigenvalue weighted by Gasteiger charge is 2.53. The standard InChI is InChI=1S/C26H24Cl2N2O4/c1-14-7-8-17(11-16(14)3)22(31)13-29(24(32)19-10-9-18(27)12-21(19)28)30-25(33)20-6-4-5-15(2)23(20)26(30)34/h4-5,7-12,15,20,23H,6,13H2,1-3H3/t15-,20+,23-/m0/s1. The zero-order valence-corrected chi connectivity index (χ0v) is 20.6. The molecule has 8 heteroatoms. The first kappa shape index (κ1) is 24.2. The molecule has 0 radical (unpaired) electrons. The largest absolute Gasteiger partial charge is 0.292 e. The number of rotatable bonds is 5. The van der Waals surface area contributed by atoms with Crippen molar-refractivity contribution < 1.29 is 19.2 Å². The van der Waals surface area contributed by atoms with Crippen LogP contribution in [0.1, 0.15) is 45.2 Å². The third-order valence-electron chi connectivity index (χ3n) is 6.61. The maximum absolute atomic E-state index is 13.6. The first-order valence-electron chi connectivity index (χ1n) is 11.0. The minimum Gasteiger partial charge on any atom is -0.292 e. The van der Waals surface area contributed by atoms with Crippen LogP contribution in [0.3, 0.4) is 0 Å². The van der Waals surface area contributed by atoms with E-state index in [0.29, 0.717) is 17.0 Å². The van der Waals surface area contributed by atoms with E-state index in [1.807, 2.05) is 39.0 Å². The lowest BCUT2D eigenvalue weighted by Gasteiger charge is -2.30. The summed E-state index contributed by atoms with van der Waals surface area (Å²) in [7, 11) is 0. The van der Waals surface area contributed by atoms with Gasteiger partial charge in [-0.05, 0) is 61.6 Å². The van der Waals surface area contributed by atoms with Crippen LogP contribution in [-0.2, 0) is 9.59 Å². The van der Waals surface area contributed by atoms with Crippen molar-refractivity contribution in [1.29, 1.82) is 0 Å². The highest BCUT2D eigenvalue weighted by Crippen LogP contribution is 2.39. The summed E-state index contributed by atoms with van der Waals surface area (Å²) in [6, 6.07) is 9.53. The van der Waals surface area contributed by atoms with Crippen molar-refractivity contribution in [2.75, 3.05) is 6.54 Å². The molecule has 0 unspecified atom stereocenters. The average molecular weight is 499 g/mol. The second-order valence-electron chi connectivity index (χ2n) is 8.85. The minimum atomic E-state index is -0.722. The summed E-state index contributed by atoms with van der Waals surface area (Å²) in [6.45, 7) is 5.19. The lowest BCUT2D eigenvalue weighted by molar-refractivity contribution is -0.154. The molecule has 1 aliphatic heterocycles. The molecule has 0 N–H and O–H groups in total. The quantitative estimate of drug-likeness (QED) is 0.328. The van der Waals surface area contributed by atoms with E-state index in [0.717, 1.165) is 21.1 Å². The van der Waals surface area contributed by atoms with Crippen LogP contribution in [0.4, 0.5) is 0 Å². The summed E-state index contributed by atoms with van der Waals surface area (Å²) in [6.07, 6.45) is 4.19. The number of fused-ring (bicyclic) bond motifs is 1. The molecule has 6 nitrogen and oxygen atoms in total. The first-order valence-corrected chi connectivity index (χ1v) is 11.8. The van der Waals surface area contributed by atoms with Crippen LogP contribution >= 0.6 is 23.2 Å². The molecule has 2 aromatic carbocycles. The van der Waals surface area contributed by atoms with E-state index in [-0.39, 0.29) is 16.5 Å². The number of Topliss-reactive ketones (excluding diaryl/α,β-unsaturated/α-hetero) is 1. The summed E-state index contributed by atoms with van der Waals surface area (Å²) in [5, 5.41) is 2.18. The second-order valence-corrected chi connectivity index (χ2v) is 9.70. The molecule has 4 rings (SSSR count). The maximum Gasteiger partial charge on any atom is 0.274 e. The Balaban J connectivity index is 1.74. The van der Waals surface area contributed by atoms with E-state index in [9.17, 15) is 19.2 Å². The lowest BCUT2D eigenvalue weighted by Crippen LogP contribution is -2.52. The van der Waals surface area contributed by atoms with Crippen molar-refractivity contribution in [3.63, 3.8) is 0 Å². The van der Waals surface area contributed by atoms with Gasteiger partial charge in [0.15, 0.2) is 5.78 Å². The molecule has 2 aliphatic rings. The Morgan fingerprint density at radius 2 is 1.76 bits per heavy atom. The molecule has 1 fully saturated rings. The van der Waals surface area contributed by atoms with E-state index >= 15 is 0 Å². The Morgan fingerprint density at radius 3 is 2.41 bits per heavy atom. The molecule has 1 heterocycles. The second kappa shape index (κ2) is 9.35. The summed E-state index contributed by atoms with van der Waals surface area (Å²) in [4.78, 5) is 53.6. The van der Waals surface area contributed by atoms with Gasteiger partial charge < -0.3 is 0 Å². The Bertz CT molecular complexity index is 1240. The molecule has 0 spiro atoms. The van der Waals surface area contributed by atoms with Gasteiger partial charge in [-0.3, -0.25) is 19.2 Å². The summed E-state index contributed by atoms with van der Waals surface area (Å²) < 4.78 is 0. The van der Waals surface area contributed by atoms with Crippen LogP contribution in [0, 0.1) is 31.6 Å². The van der Waals surface area contributed by atoms with Crippen LogP contribution in [0.25, 0.3) is 0 Å². The zero-order valence-electron chi connectivity index (χ0n) is 19.0. The predicted molar refractivity (Wildman–Crippen MR) is 129 cm³/mol. The summed E-state index contributed by atoms with van der Waals surface area (Å²) in [5.74, 6) is -3.41. The van der Waals surface area contributed by atoms with Crippen LogP contribution in [-0.4, -0.2) is 40.1 Å². The van der Waals surface area contributed by atoms with Crippen molar-refractivity contribution >= 4 is 46.7 Å². The third kappa shape index (κ3) is 4.28. The molecule has 0 saturated carbocycles. The smallest absolute Gasteiger partial charge is 0.274 e. The fourth-order valence-corrected chi connectivity index (χ4v) is 5.04. The van der Waals surface area contributed by atoms with Crippen molar-refractivity contribution in [1.82, 2.24) is 10.0 Å². The fraction of sp³-hybridized carbons (Fsp3) is 0.308. The van der Waals surface area contributed by atoms with Gasteiger partial charge in [-0.1, -0.05) is 54.4 Å². The van der Waals surface area contributed by atoms with E-state index in [2.05, 4.69) is 0 Å². The Labute approximate surface area is 208 Å². The normalized spacial score (nSPS) is 21.6. The molecular weight excluding hydrogens is 475 g/mol. The van der Waals surface area contributed by atoms with Crippen molar-refractivity contribution in [3.8, 4) is 0 Å². The molecule has 0 aromatic heterocycles. The number of hydrogen-bond acceptors (Lipinski definition) is 4. The molecule has 0 bridgehead atoms. The summed E-state index contributed by atoms with van der Waals surface area (Å²) in [5.41, 5.74) is 2.37. The molecular formula is C26H24Cl2N2O4. The van der Waals surface area contributed by atoms with Crippen LogP contribution in [0.5, 0.6) is 0 Å². The molecule has 3 amide bonds. The topological polar surface area (TPSA) is 74.8 Å². The van der Waals surface area contributed by atoms with Gasteiger partial charge >= 0.3 is 0 Å². The highest BCUT2D eigenvalue weighted by atomic mass is 35.5. The number of hydrogen-bond donors (Lipinski definition) is 0. The third-order valence-corrected chi connectivity index (χ3v) is 7.16. The number of nitrogens with zero attached hydrogens (tertiary/aromatic N) is 2.